The number of nitrogens with zero attached hydrogens (tertiary/aromatic N) is 4. The molecule has 0 saturated carbocycles. The normalized spacial score (nSPS) is 17.4. The van der Waals surface area contributed by atoms with Gasteiger partial charge in [-0.3, -0.25) is 4.79 Å². The molecule has 26 heavy (non-hydrogen) atoms. The van der Waals surface area contributed by atoms with Gasteiger partial charge >= 0.3 is 0 Å². The molecule has 0 unspecified atom stereocenters. The SMILES string of the molecule is CNC(=O)c1sc2nc([C@@H]3CCCCN3c3ncccn3)ccc2c1N. The minimum atomic E-state index is -0.177. The van der Waals surface area contributed by atoms with E-state index in [2.05, 4.69) is 20.2 Å². The predicted octanol–water partition coefficient (Wildman–Crippen LogP) is 2.76. The molecular weight excluding hydrogens is 348 g/mol. The number of piperidine rings is 1. The van der Waals surface area contributed by atoms with Gasteiger partial charge in [-0.05, 0) is 37.5 Å². The second-order valence-electron chi connectivity index (χ2n) is 6.27. The second kappa shape index (κ2) is 6.87. The molecule has 3 N–H and O–H groups in total. The molecule has 1 amide bonds. The van der Waals surface area contributed by atoms with Crippen LogP contribution in [0.25, 0.3) is 10.2 Å². The number of nitrogens with one attached hydrogen (secondary N) is 1. The Morgan fingerprint density at radius 3 is 2.88 bits per heavy atom. The molecule has 0 spiro atoms. The molecule has 1 atom stereocenters. The lowest BCUT2D eigenvalue weighted by molar-refractivity contribution is 0.0968. The molecule has 3 aromatic heterocycles. The summed E-state index contributed by atoms with van der Waals surface area (Å²) < 4.78 is 0. The van der Waals surface area contributed by atoms with Crippen molar-refractivity contribution in [3.63, 3.8) is 0 Å². The van der Waals surface area contributed by atoms with Crippen molar-refractivity contribution in [2.75, 3.05) is 24.2 Å². The smallest absolute Gasteiger partial charge is 0.263 e. The first-order valence-corrected chi connectivity index (χ1v) is 9.45. The number of hydrogen-bond acceptors (Lipinski definition) is 7. The number of anilines is 2. The number of aromatic nitrogens is 3. The Hall–Kier alpha value is -2.74. The highest BCUT2D eigenvalue weighted by molar-refractivity contribution is 7.21. The first-order chi connectivity index (χ1) is 12.7. The number of nitrogen functional groups attached to an aromatic ring is 1. The van der Waals surface area contributed by atoms with E-state index in [0.29, 0.717) is 10.6 Å². The van der Waals surface area contributed by atoms with Crippen LogP contribution in [0.3, 0.4) is 0 Å². The topological polar surface area (TPSA) is 97.0 Å². The number of hydrogen-bond donors (Lipinski definition) is 2. The Morgan fingerprint density at radius 1 is 1.31 bits per heavy atom. The number of carbonyl (C=O) groups excluding carboxylic acids is 1. The van der Waals surface area contributed by atoms with Crippen LogP contribution in [0.4, 0.5) is 11.6 Å². The van der Waals surface area contributed by atoms with Gasteiger partial charge in [0.2, 0.25) is 5.95 Å². The van der Waals surface area contributed by atoms with Crippen LogP contribution < -0.4 is 16.0 Å². The average molecular weight is 368 g/mol. The highest BCUT2D eigenvalue weighted by Gasteiger charge is 2.27. The fourth-order valence-corrected chi connectivity index (χ4v) is 4.44. The summed E-state index contributed by atoms with van der Waals surface area (Å²) in [5.41, 5.74) is 7.60. The third kappa shape index (κ3) is 2.86. The van der Waals surface area contributed by atoms with Crippen molar-refractivity contribution in [3.05, 3.63) is 41.2 Å². The van der Waals surface area contributed by atoms with Gasteiger partial charge in [-0.15, -0.1) is 11.3 Å². The maximum atomic E-state index is 12.0. The minimum absolute atomic E-state index is 0.127. The first-order valence-electron chi connectivity index (χ1n) is 8.63. The number of rotatable bonds is 3. The van der Waals surface area contributed by atoms with Crippen LogP contribution in [0.5, 0.6) is 0 Å². The van der Waals surface area contributed by atoms with Gasteiger partial charge in [0, 0.05) is 31.4 Å². The number of pyridine rings is 1. The van der Waals surface area contributed by atoms with Crippen LogP contribution >= 0.6 is 11.3 Å². The van der Waals surface area contributed by atoms with Crippen LogP contribution in [-0.4, -0.2) is 34.5 Å². The van der Waals surface area contributed by atoms with E-state index in [1.807, 2.05) is 18.2 Å². The van der Waals surface area contributed by atoms with Crippen LogP contribution in [-0.2, 0) is 0 Å². The van der Waals surface area contributed by atoms with E-state index in [1.54, 1.807) is 19.4 Å². The molecule has 0 aromatic carbocycles. The summed E-state index contributed by atoms with van der Waals surface area (Å²) in [7, 11) is 1.60. The lowest BCUT2D eigenvalue weighted by atomic mass is 9.99. The van der Waals surface area contributed by atoms with Crippen LogP contribution in [0.1, 0.15) is 40.7 Å². The van der Waals surface area contributed by atoms with Gasteiger partial charge in [-0.1, -0.05) is 0 Å². The number of nitrogens with two attached hydrogens (primary N) is 1. The summed E-state index contributed by atoms with van der Waals surface area (Å²) in [6.45, 7) is 0.907. The minimum Gasteiger partial charge on any atom is -0.397 e. The quantitative estimate of drug-likeness (QED) is 0.738. The van der Waals surface area contributed by atoms with E-state index in [9.17, 15) is 4.79 Å². The summed E-state index contributed by atoms with van der Waals surface area (Å²) in [6, 6.07) is 5.92. The molecule has 0 bridgehead atoms. The molecule has 0 aliphatic carbocycles. The third-order valence-electron chi connectivity index (χ3n) is 4.70. The van der Waals surface area contributed by atoms with E-state index in [0.717, 1.165) is 47.7 Å². The van der Waals surface area contributed by atoms with E-state index in [-0.39, 0.29) is 11.9 Å². The maximum Gasteiger partial charge on any atom is 0.263 e. The number of thiophene rings is 1. The Morgan fingerprint density at radius 2 is 2.12 bits per heavy atom. The lowest BCUT2D eigenvalue weighted by Gasteiger charge is -2.35. The molecule has 8 heteroatoms. The standard InChI is InChI=1S/C18H20N6OS/c1-20-16(25)15-14(19)11-6-7-12(23-17(11)26-15)13-5-2-3-10-24(13)18-21-8-4-9-22-18/h4,6-9,13H,2-3,5,10,19H2,1H3,(H,20,25)/t13-/m0/s1. The van der Waals surface area contributed by atoms with Gasteiger partial charge in [0.1, 0.15) is 9.71 Å². The van der Waals surface area contributed by atoms with Gasteiger partial charge in [0.15, 0.2) is 0 Å². The monoisotopic (exact) mass is 368 g/mol. The van der Waals surface area contributed by atoms with Crippen molar-refractivity contribution >= 4 is 39.1 Å². The average Bonchev–Trinajstić information content (AvgIpc) is 3.04. The van der Waals surface area contributed by atoms with Crippen molar-refractivity contribution in [1.29, 1.82) is 0 Å². The summed E-state index contributed by atoms with van der Waals surface area (Å²) in [5, 5.41) is 3.46. The van der Waals surface area contributed by atoms with Crippen molar-refractivity contribution in [3.8, 4) is 0 Å². The van der Waals surface area contributed by atoms with Gasteiger partial charge < -0.3 is 16.0 Å². The number of fused-ring (bicyclic) bond motifs is 1. The third-order valence-corrected chi connectivity index (χ3v) is 5.82. The first kappa shape index (κ1) is 16.7. The fraction of sp³-hybridized carbons (Fsp3) is 0.333. The molecule has 4 heterocycles. The van der Waals surface area contributed by atoms with Gasteiger partial charge in [0.05, 0.1) is 17.4 Å². The molecular formula is C18H20N6OS. The molecule has 1 saturated heterocycles. The van der Waals surface area contributed by atoms with Crippen LogP contribution in [0, 0.1) is 0 Å². The predicted molar refractivity (Wildman–Crippen MR) is 103 cm³/mol. The van der Waals surface area contributed by atoms with Gasteiger partial charge in [-0.2, -0.15) is 0 Å². The maximum absolute atomic E-state index is 12.0. The molecule has 134 valence electrons. The zero-order chi connectivity index (χ0) is 18.1. The zero-order valence-corrected chi connectivity index (χ0v) is 15.3. The van der Waals surface area contributed by atoms with Crippen molar-refractivity contribution in [2.45, 2.75) is 25.3 Å². The van der Waals surface area contributed by atoms with E-state index < -0.39 is 0 Å². The lowest BCUT2D eigenvalue weighted by Crippen LogP contribution is -2.35. The molecule has 1 aliphatic rings. The van der Waals surface area contributed by atoms with Gasteiger partial charge in [-0.25, -0.2) is 15.0 Å². The molecule has 0 radical (unpaired) electrons. The van der Waals surface area contributed by atoms with Crippen LogP contribution in [0.15, 0.2) is 30.6 Å². The molecule has 4 rings (SSSR count). The highest BCUT2D eigenvalue weighted by atomic mass is 32.1. The van der Waals surface area contributed by atoms with E-state index in [4.69, 9.17) is 10.7 Å². The highest BCUT2D eigenvalue weighted by Crippen LogP contribution is 2.37. The molecule has 7 nitrogen and oxygen atoms in total. The van der Waals surface area contributed by atoms with E-state index in [1.165, 1.54) is 11.3 Å². The second-order valence-corrected chi connectivity index (χ2v) is 7.27. The summed E-state index contributed by atoms with van der Waals surface area (Å²) in [5.74, 6) is 0.555. The number of amides is 1. The molecule has 1 fully saturated rings. The van der Waals surface area contributed by atoms with Gasteiger partial charge in [0.25, 0.3) is 5.91 Å². The summed E-state index contributed by atoms with van der Waals surface area (Å²) in [6.07, 6.45) is 6.79. The molecule has 1 aliphatic heterocycles. The fourth-order valence-electron chi connectivity index (χ4n) is 3.40. The largest absolute Gasteiger partial charge is 0.397 e. The van der Waals surface area contributed by atoms with Crippen molar-refractivity contribution < 1.29 is 4.79 Å². The van der Waals surface area contributed by atoms with Crippen molar-refractivity contribution in [1.82, 2.24) is 20.3 Å². The van der Waals surface area contributed by atoms with Crippen molar-refractivity contribution in [2.24, 2.45) is 0 Å². The Kier molecular flexibility index (Phi) is 4.42. The zero-order valence-electron chi connectivity index (χ0n) is 14.5. The summed E-state index contributed by atoms with van der Waals surface area (Å²) in [4.78, 5) is 29.2. The van der Waals surface area contributed by atoms with Crippen LogP contribution in [0.2, 0.25) is 0 Å². The number of carbonyl (C=O) groups is 1. The Balaban J connectivity index is 1.74. The summed E-state index contributed by atoms with van der Waals surface area (Å²) >= 11 is 1.33. The Labute approximate surface area is 155 Å². The Bertz CT molecular complexity index is 942. The van der Waals surface area contributed by atoms with E-state index >= 15 is 0 Å². The molecule has 3 aromatic rings.